The lowest BCUT2D eigenvalue weighted by Gasteiger charge is -2.27. The first kappa shape index (κ1) is 24.6. The van der Waals surface area contributed by atoms with Crippen LogP contribution in [0.2, 0.25) is 0 Å². The van der Waals surface area contributed by atoms with Crippen LogP contribution in [0.1, 0.15) is 99.8 Å². The molecule has 1 aliphatic carbocycles. The van der Waals surface area contributed by atoms with E-state index in [2.05, 4.69) is 56.3 Å². The summed E-state index contributed by atoms with van der Waals surface area (Å²) in [5.41, 5.74) is 3.91. The number of benzene rings is 3. The minimum Gasteiger partial charge on any atom is -0.203 e. The van der Waals surface area contributed by atoms with Crippen molar-refractivity contribution in [2.45, 2.75) is 84.0 Å². The number of hydrogen-bond donors (Lipinski definition) is 0. The molecule has 34 heavy (non-hydrogen) atoms. The summed E-state index contributed by atoms with van der Waals surface area (Å²) in [6.07, 6.45) is 13.7. The third-order valence-corrected chi connectivity index (χ3v) is 7.79. The van der Waals surface area contributed by atoms with Gasteiger partial charge < -0.3 is 0 Å². The predicted molar refractivity (Wildman–Crippen MR) is 141 cm³/mol. The SMILES string of the molecule is C/C=C/C1CCC(c2ccc(C(C)c3cc4ccc(CCCCC)cc4c(F)c3F)cc2)CC1. The molecule has 0 aromatic heterocycles. The van der Waals surface area contributed by atoms with Crippen LogP contribution in [0.4, 0.5) is 8.78 Å². The van der Waals surface area contributed by atoms with E-state index in [4.69, 9.17) is 0 Å². The third kappa shape index (κ3) is 5.43. The van der Waals surface area contributed by atoms with Crippen molar-refractivity contribution in [3.63, 3.8) is 0 Å². The average Bonchev–Trinajstić information content (AvgIpc) is 2.87. The van der Waals surface area contributed by atoms with Crippen LogP contribution in [0.15, 0.2) is 60.7 Å². The average molecular weight is 461 g/mol. The molecule has 3 aromatic carbocycles. The molecule has 0 bridgehead atoms. The summed E-state index contributed by atoms with van der Waals surface area (Å²) in [6, 6.07) is 16.3. The second-order valence-electron chi connectivity index (χ2n) is 10.1. The first-order valence-electron chi connectivity index (χ1n) is 13.1. The van der Waals surface area contributed by atoms with E-state index in [1.807, 2.05) is 25.1 Å². The zero-order valence-electron chi connectivity index (χ0n) is 20.9. The molecule has 180 valence electrons. The molecular formula is C32H38F2. The van der Waals surface area contributed by atoms with Crippen molar-refractivity contribution in [1.29, 1.82) is 0 Å². The Hall–Kier alpha value is -2.48. The zero-order valence-corrected chi connectivity index (χ0v) is 20.9. The Balaban J connectivity index is 1.52. The van der Waals surface area contributed by atoms with Gasteiger partial charge in [0.1, 0.15) is 0 Å². The Morgan fingerprint density at radius 3 is 2.32 bits per heavy atom. The Morgan fingerprint density at radius 1 is 0.912 bits per heavy atom. The molecule has 4 rings (SSSR count). The van der Waals surface area contributed by atoms with Gasteiger partial charge in [-0.15, -0.1) is 0 Å². The molecule has 2 heteroatoms. The monoisotopic (exact) mass is 460 g/mol. The fourth-order valence-corrected chi connectivity index (χ4v) is 5.60. The van der Waals surface area contributed by atoms with Gasteiger partial charge in [-0.1, -0.05) is 75.2 Å². The van der Waals surface area contributed by atoms with E-state index >= 15 is 8.78 Å². The molecule has 0 heterocycles. The maximum Gasteiger partial charge on any atom is 0.166 e. The van der Waals surface area contributed by atoms with Gasteiger partial charge in [-0.3, -0.25) is 0 Å². The number of allylic oxidation sites excluding steroid dienone is 2. The second kappa shape index (κ2) is 11.3. The maximum atomic E-state index is 15.2. The summed E-state index contributed by atoms with van der Waals surface area (Å²) in [5.74, 6) is -0.308. The number of aryl methyl sites for hydroxylation is 1. The molecule has 3 aromatic rings. The van der Waals surface area contributed by atoms with Crippen LogP contribution in [0.5, 0.6) is 0 Å². The summed E-state index contributed by atoms with van der Waals surface area (Å²) in [7, 11) is 0. The van der Waals surface area contributed by atoms with Gasteiger partial charge in [0.15, 0.2) is 11.6 Å². The molecule has 0 amide bonds. The highest BCUT2D eigenvalue weighted by Gasteiger charge is 2.22. The molecule has 0 aliphatic heterocycles. The number of halogens is 2. The molecule has 1 saturated carbocycles. The molecule has 0 radical (unpaired) electrons. The van der Waals surface area contributed by atoms with Gasteiger partial charge in [-0.25, -0.2) is 8.78 Å². The number of hydrogen-bond acceptors (Lipinski definition) is 0. The van der Waals surface area contributed by atoms with Crippen molar-refractivity contribution in [3.05, 3.63) is 94.6 Å². The molecule has 1 aliphatic rings. The molecule has 1 atom stereocenters. The van der Waals surface area contributed by atoms with Gasteiger partial charge in [0.05, 0.1) is 0 Å². The second-order valence-corrected chi connectivity index (χ2v) is 10.1. The van der Waals surface area contributed by atoms with Crippen molar-refractivity contribution in [2.75, 3.05) is 0 Å². The highest BCUT2D eigenvalue weighted by atomic mass is 19.2. The summed E-state index contributed by atoms with van der Waals surface area (Å²) < 4.78 is 30.3. The van der Waals surface area contributed by atoms with E-state index < -0.39 is 11.6 Å². The molecule has 0 N–H and O–H groups in total. The third-order valence-electron chi connectivity index (χ3n) is 7.79. The lowest BCUT2D eigenvalue weighted by molar-refractivity contribution is 0.375. The largest absolute Gasteiger partial charge is 0.203 e. The standard InChI is InChI=1S/C32H38F2/c1-4-6-7-9-24-12-15-28-21-29(31(33)32(34)30(28)20-24)22(3)25-16-18-27(19-17-25)26-13-10-23(8-5-2)11-14-26/h5,8,12,15-23,26H,4,6-7,9-11,13-14H2,1-3H3/b8-5+. The van der Waals surface area contributed by atoms with Gasteiger partial charge in [-0.2, -0.15) is 0 Å². The zero-order chi connectivity index (χ0) is 24.1. The lowest BCUT2D eigenvalue weighted by atomic mass is 9.78. The Morgan fingerprint density at radius 2 is 1.65 bits per heavy atom. The highest BCUT2D eigenvalue weighted by Crippen LogP contribution is 2.38. The molecule has 0 spiro atoms. The van der Waals surface area contributed by atoms with Crippen molar-refractivity contribution in [3.8, 4) is 0 Å². The fraction of sp³-hybridized carbons (Fsp3) is 0.438. The summed E-state index contributed by atoms with van der Waals surface area (Å²) in [4.78, 5) is 0. The summed E-state index contributed by atoms with van der Waals surface area (Å²) in [6.45, 7) is 6.24. The molecular weight excluding hydrogens is 422 g/mol. The van der Waals surface area contributed by atoms with E-state index in [9.17, 15) is 0 Å². The van der Waals surface area contributed by atoms with Gasteiger partial charge in [0, 0.05) is 11.3 Å². The highest BCUT2D eigenvalue weighted by molar-refractivity contribution is 5.85. The molecule has 0 nitrogen and oxygen atoms in total. The van der Waals surface area contributed by atoms with Crippen LogP contribution in [-0.2, 0) is 6.42 Å². The quantitative estimate of drug-likeness (QED) is 0.232. The topological polar surface area (TPSA) is 0 Å². The molecule has 0 saturated heterocycles. The maximum absolute atomic E-state index is 15.2. The minimum absolute atomic E-state index is 0.206. The van der Waals surface area contributed by atoms with Gasteiger partial charge in [0.2, 0.25) is 0 Å². The Bertz CT molecular complexity index is 1120. The van der Waals surface area contributed by atoms with Crippen LogP contribution in [-0.4, -0.2) is 0 Å². The normalized spacial score (nSPS) is 19.7. The number of fused-ring (bicyclic) bond motifs is 1. The van der Waals surface area contributed by atoms with Crippen LogP contribution in [0.25, 0.3) is 10.8 Å². The van der Waals surface area contributed by atoms with Gasteiger partial charge >= 0.3 is 0 Å². The number of rotatable bonds is 8. The lowest BCUT2D eigenvalue weighted by Crippen LogP contribution is -2.11. The van der Waals surface area contributed by atoms with E-state index in [1.54, 1.807) is 0 Å². The Labute approximate surface area is 204 Å². The van der Waals surface area contributed by atoms with Crippen molar-refractivity contribution < 1.29 is 8.78 Å². The van der Waals surface area contributed by atoms with E-state index in [0.717, 1.165) is 48.1 Å². The van der Waals surface area contributed by atoms with E-state index in [1.165, 1.54) is 31.2 Å². The minimum atomic E-state index is -0.716. The van der Waals surface area contributed by atoms with Gasteiger partial charge in [-0.05, 0) is 97.1 Å². The van der Waals surface area contributed by atoms with E-state index in [0.29, 0.717) is 16.9 Å². The number of unbranched alkanes of at least 4 members (excludes halogenated alkanes) is 2. The fourth-order valence-electron chi connectivity index (χ4n) is 5.60. The smallest absolute Gasteiger partial charge is 0.166 e. The van der Waals surface area contributed by atoms with Crippen molar-refractivity contribution in [1.82, 2.24) is 0 Å². The summed E-state index contributed by atoms with van der Waals surface area (Å²) in [5, 5.41) is 1.17. The first-order valence-corrected chi connectivity index (χ1v) is 13.1. The Kier molecular flexibility index (Phi) is 8.19. The van der Waals surface area contributed by atoms with Crippen LogP contribution in [0, 0.1) is 17.6 Å². The first-order chi connectivity index (χ1) is 16.5. The van der Waals surface area contributed by atoms with E-state index in [-0.39, 0.29) is 5.92 Å². The van der Waals surface area contributed by atoms with Gasteiger partial charge in [0.25, 0.3) is 0 Å². The van der Waals surface area contributed by atoms with Crippen molar-refractivity contribution >= 4 is 10.8 Å². The van der Waals surface area contributed by atoms with Crippen LogP contribution >= 0.6 is 0 Å². The summed E-state index contributed by atoms with van der Waals surface area (Å²) >= 11 is 0. The van der Waals surface area contributed by atoms with Crippen molar-refractivity contribution in [2.24, 2.45) is 5.92 Å². The predicted octanol–water partition coefficient (Wildman–Crippen LogP) is 9.85. The molecule has 1 fully saturated rings. The van der Waals surface area contributed by atoms with Crippen LogP contribution in [0.3, 0.4) is 0 Å². The van der Waals surface area contributed by atoms with Crippen LogP contribution < -0.4 is 0 Å². The molecule has 1 unspecified atom stereocenters.